The Labute approximate surface area is 145 Å². The van der Waals surface area contributed by atoms with Crippen molar-refractivity contribution in [3.8, 4) is 11.5 Å². The highest BCUT2D eigenvalue weighted by Gasteiger charge is 2.09. The Morgan fingerprint density at radius 1 is 1.04 bits per heavy atom. The van der Waals surface area contributed by atoms with Gasteiger partial charge in [-0.3, -0.25) is 4.79 Å². The Morgan fingerprint density at radius 2 is 1.78 bits per heavy atom. The molecule has 0 saturated heterocycles. The molecule has 0 saturated carbocycles. The summed E-state index contributed by atoms with van der Waals surface area (Å²) in [6.07, 6.45) is 3.36. The fourth-order valence-electron chi connectivity index (χ4n) is 2.08. The zero-order valence-electron chi connectivity index (χ0n) is 13.2. The molecular formula is C19H19BrO3. The molecule has 0 aliphatic heterocycles. The van der Waals surface area contributed by atoms with Crippen molar-refractivity contribution in [1.82, 2.24) is 0 Å². The Balaban J connectivity index is 2.20. The molecule has 0 radical (unpaired) electrons. The highest BCUT2D eigenvalue weighted by molar-refractivity contribution is 9.10. The molecule has 0 unspecified atom stereocenters. The van der Waals surface area contributed by atoms with Gasteiger partial charge in [0.15, 0.2) is 17.3 Å². The van der Waals surface area contributed by atoms with E-state index >= 15 is 0 Å². The first-order chi connectivity index (χ1) is 11.1. The monoisotopic (exact) mass is 374 g/mol. The largest absolute Gasteiger partial charge is 0.490 e. The fourth-order valence-corrected chi connectivity index (χ4v) is 2.50. The molecule has 2 aromatic carbocycles. The highest BCUT2D eigenvalue weighted by Crippen LogP contribution is 2.29. The molecule has 0 aliphatic rings. The SMILES string of the molecule is CCOc1ccc(C(=O)C=Cc2cccc(Br)c2)cc1OCC. The van der Waals surface area contributed by atoms with Gasteiger partial charge < -0.3 is 9.47 Å². The first kappa shape index (κ1) is 17.3. The lowest BCUT2D eigenvalue weighted by atomic mass is 10.1. The standard InChI is InChI=1S/C19H19BrO3/c1-3-22-18-11-9-15(13-19(18)23-4-2)17(21)10-8-14-6-5-7-16(20)12-14/h5-13H,3-4H2,1-2H3. The van der Waals surface area contributed by atoms with Gasteiger partial charge in [-0.15, -0.1) is 0 Å². The average Bonchev–Trinajstić information content (AvgIpc) is 2.55. The number of hydrogen-bond donors (Lipinski definition) is 0. The predicted molar refractivity (Wildman–Crippen MR) is 96.3 cm³/mol. The van der Waals surface area contributed by atoms with E-state index in [0.717, 1.165) is 10.0 Å². The molecule has 0 aliphatic carbocycles. The van der Waals surface area contributed by atoms with Crippen molar-refractivity contribution in [3.63, 3.8) is 0 Å². The summed E-state index contributed by atoms with van der Waals surface area (Å²) in [7, 11) is 0. The number of halogens is 1. The summed E-state index contributed by atoms with van der Waals surface area (Å²) in [4.78, 5) is 12.3. The quantitative estimate of drug-likeness (QED) is 0.496. The van der Waals surface area contributed by atoms with E-state index in [1.807, 2.05) is 38.1 Å². The molecule has 0 amide bonds. The molecule has 0 N–H and O–H groups in total. The molecule has 0 aromatic heterocycles. The van der Waals surface area contributed by atoms with Crippen LogP contribution in [0.3, 0.4) is 0 Å². The van der Waals surface area contributed by atoms with Gasteiger partial charge in [0.05, 0.1) is 13.2 Å². The normalized spacial score (nSPS) is 10.7. The van der Waals surface area contributed by atoms with E-state index in [2.05, 4.69) is 15.9 Å². The van der Waals surface area contributed by atoms with Crippen molar-refractivity contribution in [3.05, 3.63) is 64.1 Å². The number of benzene rings is 2. The Bertz CT molecular complexity index is 708. The second-order valence-corrected chi connectivity index (χ2v) is 5.70. The molecule has 2 rings (SSSR count). The van der Waals surface area contributed by atoms with E-state index in [9.17, 15) is 4.79 Å². The molecule has 23 heavy (non-hydrogen) atoms. The third kappa shape index (κ3) is 4.96. The van der Waals surface area contributed by atoms with Crippen molar-refractivity contribution in [2.24, 2.45) is 0 Å². The van der Waals surface area contributed by atoms with Crippen LogP contribution in [0, 0.1) is 0 Å². The van der Waals surface area contributed by atoms with Gasteiger partial charge in [-0.05, 0) is 55.8 Å². The molecule has 0 fully saturated rings. The number of ketones is 1. The van der Waals surface area contributed by atoms with Crippen LogP contribution >= 0.6 is 15.9 Å². The Hall–Kier alpha value is -2.07. The lowest BCUT2D eigenvalue weighted by molar-refractivity contribution is 0.104. The van der Waals surface area contributed by atoms with Crippen molar-refractivity contribution in [2.75, 3.05) is 13.2 Å². The second-order valence-electron chi connectivity index (χ2n) is 4.78. The van der Waals surface area contributed by atoms with Gasteiger partial charge in [0, 0.05) is 10.0 Å². The third-order valence-electron chi connectivity index (χ3n) is 3.10. The van der Waals surface area contributed by atoms with E-state index in [-0.39, 0.29) is 5.78 Å². The van der Waals surface area contributed by atoms with Crippen LogP contribution in [-0.4, -0.2) is 19.0 Å². The first-order valence-corrected chi connectivity index (χ1v) is 8.31. The van der Waals surface area contributed by atoms with Gasteiger partial charge in [-0.2, -0.15) is 0 Å². The molecular weight excluding hydrogens is 356 g/mol. The predicted octanol–water partition coefficient (Wildman–Crippen LogP) is 5.14. The van der Waals surface area contributed by atoms with Gasteiger partial charge in [0.25, 0.3) is 0 Å². The van der Waals surface area contributed by atoms with Crippen LogP contribution < -0.4 is 9.47 Å². The van der Waals surface area contributed by atoms with Gasteiger partial charge >= 0.3 is 0 Å². The van der Waals surface area contributed by atoms with E-state index in [0.29, 0.717) is 30.3 Å². The smallest absolute Gasteiger partial charge is 0.185 e. The average molecular weight is 375 g/mol. The van der Waals surface area contributed by atoms with Crippen LogP contribution in [0.5, 0.6) is 11.5 Å². The summed E-state index contributed by atoms with van der Waals surface area (Å²) in [5.41, 5.74) is 1.53. The summed E-state index contributed by atoms with van der Waals surface area (Å²) < 4.78 is 12.0. The Kier molecular flexibility index (Phi) is 6.41. The van der Waals surface area contributed by atoms with Crippen LogP contribution in [0.4, 0.5) is 0 Å². The maximum Gasteiger partial charge on any atom is 0.185 e. The van der Waals surface area contributed by atoms with Crippen LogP contribution in [0.2, 0.25) is 0 Å². The van der Waals surface area contributed by atoms with Crippen LogP contribution in [0.25, 0.3) is 6.08 Å². The maximum atomic E-state index is 12.3. The number of hydrogen-bond acceptors (Lipinski definition) is 3. The molecule has 0 atom stereocenters. The second kappa shape index (κ2) is 8.53. The number of rotatable bonds is 7. The minimum Gasteiger partial charge on any atom is -0.490 e. The molecule has 2 aromatic rings. The van der Waals surface area contributed by atoms with Crippen LogP contribution in [-0.2, 0) is 0 Å². The van der Waals surface area contributed by atoms with Crippen molar-refractivity contribution in [1.29, 1.82) is 0 Å². The molecule has 3 nitrogen and oxygen atoms in total. The molecule has 0 spiro atoms. The van der Waals surface area contributed by atoms with E-state index in [1.165, 1.54) is 0 Å². The summed E-state index contributed by atoms with van der Waals surface area (Å²) in [6, 6.07) is 13.0. The Morgan fingerprint density at radius 3 is 2.48 bits per heavy atom. The van der Waals surface area contributed by atoms with Gasteiger partial charge in [0.2, 0.25) is 0 Å². The van der Waals surface area contributed by atoms with E-state index in [1.54, 1.807) is 30.4 Å². The molecule has 0 bridgehead atoms. The number of carbonyl (C=O) groups excluding carboxylic acids is 1. The van der Waals surface area contributed by atoms with Crippen LogP contribution in [0.1, 0.15) is 29.8 Å². The maximum absolute atomic E-state index is 12.3. The number of carbonyl (C=O) groups is 1. The molecule has 4 heteroatoms. The summed E-state index contributed by atoms with van der Waals surface area (Å²) in [5.74, 6) is 1.17. The van der Waals surface area contributed by atoms with Crippen molar-refractivity contribution in [2.45, 2.75) is 13.8 Å². The number of allylic oxidation sites excluding steroid dienone is 1. The van der Waals surface area contributed by atoms with Gasteiger partial charge in [-0.25, -0.2) is 0 Å². The minimum absolute atomic E-state index is 0.0750. The highest BCUT2D eigenvalue weighted by atomic mass is 79.9. The van der Waals surface area contributed by atoms with Gasteiger partial charge in [0.1, 0.15) is 0 Å². The first-order valence-electron chi connectivity index (χ1n) is 7.51. The zero-order chi connectivity index (χ0) is 16.7. The zero-order valence-corrected chi connectivity index (χ0v) is 14.8. The molecule has 120 valence electrons. The summed E-state index contributed by atoms with van der Waals surface area (Å²) >= 11 is 3.41. The van der Waals surface area contributed by atoms with E-state index in [4.69, 9.17) is 9.47 Å². The minimum atomic E-state index is -0.0750. The van der Waals surface area contributed by atoms with Crippen molar-refractivity contribution >= 4 is 27.8 Å². The van der Waals surface area contributed by atoms with Crippen molar-refractivity contribution < 1.29 is 14.3 Å². The molecule has 0 heterocycles. The third-order valence-corrected chi connectivity index (χ3v) is 3.60. The lowest BCUT2D eigenvalue weighted by Gasteiger charge is -2.11. The fraction of sp³-hybridized carbons (Fsp3) is 0.211. The summed E-state index contributed by atoms with van der Waals surface area (Å²) in [5, 5.41) is 0. The number of ether oxygens (including phenoxy) is 2. The van der Waals surface area contributed by atoms with Gasteiger partial charge in [-0.1, -0.05) is 34.1 Å². The lowest BCUT2D eigenvalue weighted by Crippen LogP contribution is -2.01. The topological polar surface area (TPSA) is 35.5 Å². The summed E-state index contributed by atoms with van der Waals surface area (Å²) in [6.45, 7) is 4.88. The van der Waals surface area contributed by atoms with E-state index < -0.39 is 0 Å². The van der Waals surface area contributed by atoms with Crippen LogP contribution in [0.15, 0.2) is 53.0 Å².